The van der Waals surface area contributed by atoms with Gasteiger partial charge >= 0.3 is 6.18 Å². The lowest BCUT2D eigenvalue weighted by atomic mass is 10.0. The van der Waals surface area contributed by atoms with Gasteiger partial charge in [0.2, 0.25) is 0 Å². The third-order valence-corrected chi connectivity index (χ3v) is 4.26. The lowest BCUT2D eigenvalue weighted by molar-refractivity contribution is -0.137. The highest BCUT2D eigenvalue weighted by Crippen LogP contribution is 2.38. The SMILES string of the molecule is COc1ccc(-c2ccc(F)c(CN[C@@H](CO)C(C)C)n2)c(C(F)(F)F)c1. The summed E-state index contributed by atoms with van der Waals surface area (Å²) in [5.74, 6) is -0.466. The predicted molar refractivity (Wildman–Crippen MR) is 93.7 cm³/mol. The lowest BCUT2D eigenvalue weighted by Crippen LogP contribution is -2.37. The molecule has 2 N–H and O–H groups in total. The summed E-state index contributed by atoms with van der Waals surface area (Å²) in [7, 11) is 1.28. The van der Waals surface area contributed by atoms with Crippen LogP contribution < -0.4 is 10.1 Å². The van der Waals surface area contributed by atoms with Gasteiger partial charge in [-0.15, -0.1) is 0 Å². The van der Waals surface area contributed by atoms with Crippen LogP contribution in [0.15, 0.2) is 30.3 Å². The molecule has 0 bridgehead atoms. The van der Waals surface area contributed by atoms with Gasteiger partial charge < -0.3 is 15.2 Å². The minimum atomic E-state index is -4.61. The maximum Gasteiger partial charge on any atom is 0.417 e. The molecule has 0 aliphatic carbocycles. The van der Waals surface area contributed by atoms with Crippen molar-refractivity contribution in [2.45, 2.75) is 32.6 Å². The Morgan fingerprint density at radius 1 is 1.19 bits per heavy atom. The number of rotatable bonds is 7. The minimum absolute atomic E-state index is 0.00766. The first-order chi connectivity index (χ1) is 12.7. The number of aromatic nitrogens is 1. The molecule has 0 radical (unpaired) electrons. The number of benzene rings is 1. The molecule has 2 aromatic rings. The monoisotopic (exact) mass is 386 g/mol. The molecule has 148 valence electrons. The number of hydrogen-bond acceptors (Lipinski definition) is 4. The summed E-state index contributed by atoms with van der Waals surface area (Å²) >= 11 is 0. The number of aliphatic hydroxyl groups is 1. The molecule has 1 atom stereocenters. The Bertz CT molecular complexity index is 779. The predicted octanol–water partition coefficient (Wildman–Crippen LogP) is 4.02. The van der Waals surface area contributed by atoms with E-state index in [2.05, 4.69) is 10.3 Å². The van der Waals surface area contributed by atoms with E-state index in [0.717, 1.165) is 12.1 Å². The van der Waals surface area contributed by atoms with E-state index < -0.39 is 17.6 Å². The number of hydrogen-bond donors (Lipinski definition) is 2. The van der Waals surface area contributed by atoms with Crippen molar-refractivity contribution in [2.24, 2.45) is 5.92 Å². The summed E-state index contributed by atoms with van der Waals surface area (Å²) in [6.07, 6.45) is -4.61. The van der Waals surface area contributed by atoms with E-state index in [1.54, 1.807) is 0 Å². The molecular formula is C19H22F4N2O2. The summed E-state index contributed by atoms with van der Waals surface area (Å²) in [5, 5.41) is 12.3. The van der Waals surface area contributed by atoms with Crippen LogP contribution >= 0.6 is 0 Å². The maximum atomic E-state index is 14.1. The van der Waals surface area contributed by atoms with Crippen LogP contribution in [0.3, 0.4) is 0 Å². The molecule has 0 fully saturated rings. The fraction of sp³-hybridized carbons (Fsp3) is 0.421. The molecule has 0 spiro atoms. The number of ether oxygens (including phenoxy) is 1. The topological polar surface area (TPSA) is 54.4 Å². The van der Waals surface area contributed by atoms with Crippen molar-refractivity contribution in [1.82, 2.24) is 10.3 Å². The zero-order valence-electron chi connectivity index (χ0n) is 15.3. The van der Waals surface area contributed by atoms with Crippen molar-refractivity contribution in [3.05, 3.63) is 47.4 Å². The van der Waals surface area contributed by atoms with Gasteiger partial charge in [0.25, 0.3) is 0 Å². The summed E-state index contributed by atoms with van der Waals surface area (Å²) in [5.41, 5.74) is -1.08. The standard InChI is InChI=1S/C19H22F4N2O2/c1-11(2)18(10-26)24-9-17-15(20)6-7-16(25-17)13-5-4-12(27-3)8-14(13)19(21,22)23/h4-8,11,18,24,26H,9-10H2,1-3H3/t18-/m0/s1. The van der Waals surface area contributed by atoms with Gasteiger partial charge in [-0.3, -0.25) is 0 Å². The molecule has 0 saturated carbocycles. The Labute approximate surface area is 155 Å². The molecule has 1 heterocycles. The van der Waals surface area contributed by atoms with Gasteiger partial charge in [0, 0.05) is 18.2 Å². The van der Waals surface area contributed by atoms with E-state index in [9.17, 15) is 22.7 Å². The van der Waals surface area contributed by atoms with E-state index in [4.69, 9.17) is 4.74 Å². The molecule has 0 amide bonds. The van der Waals surface area contributed by atoms with Crippen molar-refractivity contribution in [2.75, 3.05) is 13.7 Å². The van der Waals surface area contributed by atoms with E-state index in [1.807, 2.05) is 13.8 Å². The fourth-order valence-electron chi connectivity index (χ4n) is 2.61. The van der Waals surface area contributed by atoms with Crippen LogP contribution in [0, 0.1) is 11.7 Å². The van der Waals surface area contributed by atoms with Gasteiger partial charge in [-0.2, -0.15) is 13.2 Å². The number of methoxy groups -OCH3 is 1. The van der Waals surface area contributed by atoms with Crippen LogP contribution in [0.25, 0.3) is 11.3 Å². The van der Waals surface area contributed by atoms with Gasteiger partial charge in [-0.1, -0.05) is 13.8 Å². The van der Waals surface area contributed by atoms with Gasteiger partial charge in [-0.25, -0.2) is 9.37 Å². The van der Waals surface area contributed by atoms with Crippen LogP contribution in [0.5, 0.6) is 5.75 Å². The Morgan fingerprint density at radius 3 is 2.44 bits per heavy atom. The lowest BCUT2D eigenvalue weighted by Gasteiger charge is -2.20. The van der Waals surface area contributed by atoms with Gasteiger partial charge in [-0.05, 0) is 36.2 Å². The Kier molecular flexibility index (Phi) is 6.78. The van der Waals surface area contributed by atoms with E-state index in [0.29, 0.717) is 0 Å². The summed E-state index contributed by atoms with van der Waals surface area (Å²) in [6.45, 7) is 3.62. The van der Waals surface area contributed by atoms with Crippen LogP contribution in [0.1, 0.15) is 25.1 Å². The average molecular weight is 386 g/mol. The van der Waals surface area contributed by atoms with Crippen LogP contribution in [0.2, 0.25) is 0 Å². The van der Waals surface area contributed by atoms with Crippen LogP contribution in [0.4, 0.5) is 17.6 Å². The van der Waals surface area contributed by atoms with Crippen molar-refractivity contribution >= 4 is 0 Å². The summed E-state index contributed by atoms with van der Waals surface area (Å²) < 4.78 is 59.2. The van der Waals surface area contributed by atoms with E-state index >= 15 is 0 Å². The maximum absolute atomic E-state index is 14.1. The fourth-order valence-corrected chi connectivity index (χ4v) is 2.61. The molecule has 2 rings (SSSR count). The highest BCUT2D eigenvalue weighted by molar-refractivity contribution is 5.66. The van der Waals surface area contributed by atoms with Crippen LogP contribution in [-0.4, -0.2) is 29.8 Å². The zero-order valence-corrected chi connectivity index (χ0v) is 15.3. The minimum Gasteiger partial charge on any atom is -0.497 e. The number of nitrogens with zero attached hydrogens (tertiary/aromatic N) is 1. The molecular weight excluding hydrogens is 364 g/mol. The van der Waals surface area contributed by atoms with E-state index in [1.165, 1.54) is 25.3 Å². The number of nitrogens with one attached hydrogen (secondary N) is 1. The average Bonchev–Trinajstić information content (AvgIpc) is 2.62. The molecule has 4 nitrogen and oxygen atoms in total. The first-order valence-corrected chi connectivity index (χ1v) is 8.42. The van der Waals surface area contributed by atoms with Gasteiger partial charge in [0.1, 0.15) is 11.6 Å². The Hall–Kier alpha value is -2.19. The van der Waals surface area contributed by atoms with Crippen molar-refractivity contribution in [3.8, 4) is 17.0 Å². The molecule has 0 unspecified atom stereocenters. The second-order valence-corrected chi connectivity index (χ2v) is 6.45. The Morgan fingerprint density at radius 2 is 1.89 bits per heavy atom. The molecule has 8 heteroatoms. The third-order valence-electron chi connectivity index (χ3n) is 4.26. The molecule has 1 aromatic carbocycles. The second kappa shape index (κ2) is 8.67. The largest absolute Gasteiger partial charge is 0.497 e. The highest BCUT2D eigenvalue weighted by Gasteiger charge is 2.34. The van der Waals surface area contributed by atoms with E-state index in [-0.39, 0.29) is 47.8 Å². The quantitative estimate of drug-likeness (QED) is 0.706. The zero-order chi connectivity index (χ0) is 20.2. The number of aliphatic hydroxyl groups excluding tert-OH is 1. The van der Waals surface area contributed by atoms with Crippen LogP contribution in [-0.2, 0) is 12.7 Å². The molecule has 0 aliphatic heterocycles. The molecule has 1 aromatic heterocycles. The third kappa shape index (κ3) is 5.17. The molecule has 27 heavy (non-hydrogen) atoms. The first-order valence-electron chi connectivity index (χ1n) is 8.42. The normalized spacial score (nSPS) is 13.1. The van der Waals surface area contributed by atoms with Gasteiger partial charge in [0.05, 0.1) is 30.7 Å². The van der Waals surface area contributed by atoms with Crippen molar-refractivity contribution < 1.29 is 27.4 Å². The number of pyridine rings is 1. The first kappa shape index (κ1) is 21.1. The van der Waals surface area contributed by atoms with Crippen molar-refractivity contribution in [3.63, 3.8) is 0 Å². The summed E-state index contributed by atoms with van der Waals surface area (Å²) in [4.78, 5) is 4.08. The smallest absolute Gasteiger partial charge is 0.417 e. The second-order valence-electron chi connectivity index (χ2n) is 6.45. The Balaban J connectivity index is 2.40. The van der Waals surface area contributed by atoms with Gasteiger partial charge in [0.15, 0.2) is 0 Å². The molecule has 0 saturated heterocycles. The highest BCUT2D eigenvalue weighted by atomic mass is 19.4. The summed E-state index contributed by atoms with van der Waals surface area (Å²) in [6, 6.07) is 5.56. The number of alkyl halides is 3. The number of halogens is 4. The van der Waals surface area contributed by atoms with Crippen molar-refractivity contribution in [1.29, 1.82) is 0 Å². The molecule has 0 aliphatic rings.